The second-order valence-electron chi connectivity index (χ2n) is 4.14. The van der Waals surface area contributed by atoms with E-state index in [1.165, 1.54) is 19.2 Å². The van der Waals surface area contributed by atoms with Crippen LogP contribution in [0.1, 0.15) is 12.8 Å². The fourth-order valence-corrected chi connectivity index (χ4v) is 2.27. The van der Waals surface area contributed by atoms with Crippen molar-refractivity contribution in [1.82, 2.24) is 15.3 Å². The lowest BCUT2D eigenvalue weighted by Crippen LogP contribution is -2.34. The summed E-state index contributed by atoms with van der Waals surface area (Å²) in [6.07, 6.45) is 7.49. The van der Waals surface area contributed by atoms with E-state index in [9.17, 15) is 0 Å². The maximum atomic E-state index is 5.65. The number of nitrogens with zero attached hydrogens (tertiary/aromatic N) is 2. The summed E-state index contributed by atoms with van der Waals surface area (Å²) in [7, 11) is 0. The lowest BCUT2D eigenvalue weighted by Gasteiger charge is -2.14. The summed E-state index contributed by atoms with van der Waals surface area (Å²) in [5.74, 6) is 1.60. The molecule has 1 saturated carbocycles. The first-order valence-electron chi connectivity index (χ1n) is 5.02. The van der Waals surface area contributed by atoms with Gasteiger partial charge in [-0.2, -0.15) is 0 Å². The fourth-order valence-electron chi connectivity index (χ4n) is 2.27. The van der Waals surface area contributed by atoms with Crippen molar-refractivity contribution in [1.29, 1.82) is 0 Å². The third kappa shape index (κ3) is 1.26. The molecule has 2 heterocycles. The van der Waals surface area contributed by atoms with E-state index >= 15 is 0 Å². The number of hydrogen-bond acceptors (Lipinski definition) is 4. The Kier molecular flexibility index (Phi) is 1.70. The van der Waals surface area contributed by atoms with Gasteiger partial charge < -0.3 is 10.1 Å². The molecule has 0 radical (unpaired) electrons. The monoisotopic (exact) mass is 191 g/mol. The molecule has 0 bridgehead atoms. The molecule has 0 aromatic carbocycles. The van der Waals surface area contributed by atoms with Gasteiger partial charge in [-0.05, 0) is 25.3 Å². The van der Waals surface area contributed by atoms with Crippen molar-refractivity contribution in [3.05, 3.63) is 18.7 Å². The predicted octanol–water partition coefficient (Wildman–Crippen LogP) is 0.607. The molecule has 1 aromatic rings. The number of ether oxygens (including phenoxy) is 1. The van der Waals surface area contributed by atoms with Crippen LogP contribution >= 0.6 is 0 Å². The molecule has 1 N–H and O–H groups in total. The molecule has 0 amide bonds. The van der Waals surface area contributed by atoms with Crippen molar-refractivity contribution in [3.63, 3.8) is 0 Å². The highest BCUT2D eigenvalue weighted by atomic mass is 16.5. The van der Waals surface area contributed by atoms with E-state index in [4.69, 9.17) is 4.74 Å². The molecule has 1 aromatic heterocycles. The molecule has 2 unspecified atom stereocenters. The van der Waals surface area contributed by atoms with Crippen LogP contribution in [0.2, 0.25) is 0 Å². The van der Waals surface area contributed by atoms with Gasteiger partial charge in [-0.25, -0.2) is 9.97 Å². The average Bonchev–Trinajstić information content (AvgIpc) is 2.80. The maximum absolute atomic E-state index is 5.65. The van der Waals surface area contributed by atoms with Crippen molar-refractivity contribution in [2.24, 2.45) is 5.92 Å². The van der Waals surface area contributed by atoms with E-state index in [1.807, 2.05) is 0 Å². The summed E-state index contributed by atoms with van der Waals surface area (Å²) in [5, 5.41) is 3.51. The zero-order valence-electron chi connectivity index (χ0n) is 7.94. The summed E-state index contributed by atoms with van der Waals surface area (Å²) in [6.45, 7) is 1.89. The van der Waals surface area contributed by atoms with Gasteiger partial charge in [-0.3, -0.25) is 0 Å². The highest BCUT2D eigenvalue weighted by molar-refractivity contribution is 5.17. The number of fused-ring (bicyclic) bond motifs is 1. The SMILES string of the molecule is c1ncc(OCC23CC2CCN3)cn1. The molecule has 2 fully saturated rings. The Morgan fingerprint density at radius 2 is 2.36 bits per heavy atom. The largest absolute Gasteiger partial charge is 0.488 e. The molecule has 1 aliphatic heterocycles. The standard InChI is InChI=1S/C10H13N3O/c1-2-13-10(3-8(1)10)6-14-9-4-11-7-12-5-9/h4-5,7-8,13H,1-3,6H2. The molecule has 0 spiro atoms. The van der Waals surface area contributed by atoms with Gasteiger partial charge in [0.05, 0.1) is 17.9 Å². The van der Waals surface area contributed by atoms with Gasteiger partial charge >= 0.3 is 0 Å². The van der Waals surface area contributed by atoms with Crippen molar-refractivity contribution in [3.8, 4) is 5.75 Å². The Bertz CT molecular complexity index is 329. The van der Waals surface area contributed by atoms with Crippen molar-refractivity contribution in [2.45, 2.75) is 18.4 Å². The summed E-state index contributed by atoms with van der Waals surface area (Å²) in [5.41, 5.74) is 0.288. The first-order valence-corrected chi connectivity index (χ1v) is 5.02. The van der Waals surface area contributed by atoms with Crippen LogP contribution in [-0.2, 0) is 0 Å². The van der Waals surface area contributed by atoms with Crippen LogP contribution in [-0.4, -0.2) is 28.7 Å². The van der Waals surface area contributed by atoms with Crippen molar-refractivity contribution in [2.75, 3.05) is 13.2 Å². The average molecular weight is 191 g/mol. The number of piperidine rings is 1. The van der Waals surface area contributed by atoms with Crippen LogP contribution in [0.25, 0.3) is 0 Å². The molecule has 4 heteroatoms. The molecule has 2 atom stereocenters. The van der Waals surface area contributed by atoms with Gasteiger partial charge in [-0.15, -0.1) is 0 Å². The molecular formula is C10H13N3O. The normalized spacial score (nSPS) is 33.9. The summed E-state index contributed by atoms with van der Waals surface area (Å²) >= 11 is 0. The predicted molar refractivity (Wildman–Crippen MR) is 51.0 cm³/mol. The Balaban J connectivity index is 1.60. The third-order valence-corrected chi connectivity index (χ3v) is 3.24. The van der Waals surface area contributed by atoms with Gasteiger partial charge in [0.1, 0.15) is 12.9 Å². The summed E-state index contributed by atoms with van der Waals surface area (Å²) in [6, 6.07) is 0. The van der Waals surface area contributed by atoms with Gasteiger partial charge in [-0.1, -0.05) is 0 Å². The maximum Gasteiger partial charge on any atom is 0.155 e. The zero-order valence-corrected chi connectivity index (χ0v) is 7.94. The molecule has 1 aliphatic carbocycles. The smallest absolute Gasteiger partial charge is 0.155 e. The van der Waals surface area contributed by atoms with E-state index in [0.29, 0.717) is 0 Å². The van der Waals surface area contributed by atoms with E-state index in [2.05, 4.69) is 15.3 Å². The lowest BCUT2D eigenvalue weighted by atomic mass is 10.2. The van der Waals surface area contributed by atoms with Gasteiger partial charge in [0.2, 0.25) is 0 Å². The first kappa shape index (κ1) is 8.17. The second kappa shape index (κ2) is 2.92. The molecule has 3 rings (SSSR count). The fraction of sp³-hybridized carbons (Fsp3) is 0.600. The minimum Gasteiger partial charge on any atom is -0.488 e. The van der Waals surface area contributed by atoms with Crippen LogP contribution in [0.15, 0.2) is 18.7 Å². The number of rotatable bonds is 3. The molecule has 2 aliphatic rings. The van der Waals surface area contributed by atoms with Crippen LogP contribution in [0.3, 0.4) is 0 Å². The highest BCUT2D eigenvalue weighted by Crippen LogP contribution is 2.49. The second-order valence-corrected chi connectivity index (χ2v) is 4.14. The molecule has 4 nitrogen and oxygen atoms in total. The number of aromatic nitrogens is 2. The van der Waals surface area contributed by atoms with E-state index in [0.717, 1.165) is 24.8 Å². The minimum atomic E-state index is 0.288. The van der Waals surface area contributed by atoms with Crippen LogP contribution in [0.4, 0.5) is 0 Å². The highest BCUT2D eigenvalue weighted by Gasteiger charge is 2.57. The van der Waals surface area contributed by atoms with Gasteiger partial charge in [0.25, 0.3) is 0 Å². The summed E-state index contributed by atoms with van der Waals surface area (Å²) in [4.78, 5) is 7.82. The quantitative estimate of drug-likeness (QED) is 0.760. The summed E-state index contributed by atoms with van der Waals surface area (Å²) < 4.78 is 5.65. The Hall–Kier alpha value is -1.16. The Labute approximate surface area is 82.7 Å². The zero-order chi connectivity index (χ0) is 9.43. The molecular weight excluding hydrogens is 178 g/mol. The van der Waals surface area contributed by atoms with Crippen molar-refractivity contribution < 1.29 is 4.74 Å². The number of nitrogens with one attached hydrogen (secondary N) is 1. The van der Waals surface area contributed by atoms with Crippen molar-refractivity contribution >= 4 is 0 Å². The Morgan fingerprint density at radius 3 is 3.00 bits per heavy atom. The van der Waals surface area contributed by atoms with Gasteiger partial charge in [0.15, 0.2) is 5.75 Å². The van der Waals surface area contributed by atoms with Crippen LogP contribution in [0.5, 0.6) is 5.75 Å². The molecule has 74 valence electrons. The van der Waals surface area contributed by atoms with E-state index in [-0.39, 0.29) is 5.54 Å². The molecule has 14 heavy (non-hydrogen) atoms. The Morgan fingerprint density at radius 1 is 1.50 bits per heavy atom. The van der Waals surface area contributed by atoms with Crippen LogP contribution in [0, 0.1) is 5.92 Å². The third-order valence-electron chi connectivity index (χ3n) is 3.24. The van der Waals surface area contributed by atoms with Gasteiger partial charge in [0, 0.05) is 0 Å². The van der Waals surface area contributed by atoms with E-state index < -0.39 is 0 Å². The topological polar surface area (TPSA) is 47.0 Å². The molecule has 1 saturated heterocycles. The lowest BCUT2D eigenvalue weighted by molar-refractivity contribution is 0.256. The van der Waals surface area contributed by atoms with Crippen LogP contribution < -0.4 is 10.1 Å². The first-order chi connectivity index (χ1) is 6.89. The minimum absolute atomic E-state index is 0.288. The van der Waals surface area contributed by atoms with E-state index in [1.54, 1.807) is 12.4 Å². The number of hydrogen-bond donors (Lipinski definition) is 1.